The number of aliphatic hydroxyl groups excluding tert-OH is 1. The Morgan fingerprint density at radius 3 is 2.07 bits per heavy atom. The summed E-state index contributed by atoms with van der Waals surface area (Å²) in [5.41, 5.74) is -0.551. The van der Waals surface area contributed by atoms with Gasteiger partial charge in [-0.1, -0.05) is 128 Å². The summed E-state index contributed by atoms with van der Waals surface area (Å²) in [5.74, 6) is 1.93. The summed E-state index contributed by atoms with van der Waals surface area (Å²) in [6.45, 7) is -0.731. The molecule has 1 saturated carbocycles. The molecule has 0 aromatic heterocycles. The number of hydrogen-bond acceptors (Lipinski definition) is 12. The summed E-state index contributed by atoms with van der Waals surface area (Å²) in [4.78, 5) is 76.2. The van der Waals surface area contributed by atoms with E-state index in [-0.39, 0.29) is 29.2 Å². The van der Waals surface area contributed by atoms with Crippen molar-refractivity contribution in [2.45, 2.75) is 86.5 Å². The van der Waals surface area contributed by atoms with Crippen LogP contribution in [0.25, 0.3) is 0 Å². The number of amides is 3. The fraction of sp³-hybridized carbons (Fsp3) is 0.276. The van der Waals surface area contributed by atoms with E-state index in [4.69, 9.17) is 9.47 Å². The van der Waals surface area contributed by atoms with Gasteiger partial charge in [-0.2, -0.15) is 0 Å². The lowest BCUT2D eigenvalue weighted by Gasteiger charge is -2.46. The van der Waals surface area contributed by atoms with Gasteiger partial charge in [0.25, 0.3) is 5.69 Å². The number of benzene rings is 6. The highest BCUT2D eigenvalue weighted by Crippen LogP contribution is 2.66. The molecule has 3 fully saturated rings. The standard InChI is InChI=1S/C58H52N4O11/c63-44-27-23-42(24-28-44)52-58(45-34-37(30-33-57(69)31-12-1-2-13-32-57)22-29-46(45)60(55(58)67)56(68)72-36-38-20-25-43(26-21-38)62(70)71)48(53(65)59-35-47(64)39-14-6-3-7-15-39)50-54(66)73-51(41-18-10-5-11-19-41)49(61(50)52)40-16-8-4-9-17-40/h3-11,14-29,34,47-52,63-64,69H,1-2,12-13,31-32,35-36H2,(H,59,65)/t47-,48-,49-,50-,51+,52+,58-/m0/s1. The van der Waals surface area contributed by atoms with Crippen molar-refractivity contribution < 1.29 is 48.9 Å². The number of nitrogens with zero attached hydrogens (tertiary/aromatic N) is 3. The number of rotatable bonds is 10. The molecule has 6 aromatic rings. The number of hydrogen-bond donors (Lipinski definition) is 4. The number of ether oxygens (including phenoxy) is 2. The third kappa shape index (κ3) is 9.09. The first-order chi connectivity index (χ1) is 35.4. The van der Waals surface area contributed by atoms with Crippen molar-refractivity contribution in [3.63, 3.8) is 0 Å². The monoisotopic (exact) mass is 980 g/mol. The Hall–Kier alpha value is -8.16. The summed E-state index contributed by atoms with van der Waals surface area (Å²) < 4.78 is 12.4. The average molecular weight is 981 g/mol. The van der Waals surface area contributed by atoms with Crippen LogP contribution in [-0.4, -0.2) is 67.2 Å². The number of aliphatic hydroxyl groups is 2. The van der Waals surface area contributed by atoms with Crippen LogP contribution in [-0.2, 0) is 35.9 Å². The van der Waals surface area contributed by atoms with Crippen LogP contribution in [0.15, 0.2) is 158 Å². The smallest absolute Gasteiger partial charge is 0.421 e. The predicted octanol–water partition coefficient (Wildman–Crippen LogP) is 8.59. The van der Waals surface area contributed by atoms with Gasteiger partial charge in [-0.05, 0) is 102 Å². The minimum absolute atomic E-state index is 0.0346. The van der Waals surface area contributed by atoms with Crippen molar-refractivity contribution in [3.8, 4) is 17.6 Å². The molecule has 4 aliphatic rings. The number of aromatic hydroxyl groups is 1. The highest BCUT2D eigenvalue weighted by Gasteiger charge is 2.75. The lowest BCUT2D eigenvalue weighted by molar-refractivity contribution is -0.384. The second-order valence-corrected chi connectivity index (χ2v) is 19.1. The van der Waals surface area contributed by atoms with Crippen LogP contribution < -0.4 is 10.2 Å². The summed E-state index contributed by atoms with van der Waals surface area (Å²) in [6, 6.07) is 39.7. The number of morpholine rings is 1. The van der Waals surface area contributed by atoms with Crippen molar-refractivity contribution in [1.29, 1.82) is 0 Å². The van der Waals surface area contributed by atoms with Crippen LogP contribution in [0.4, 0.5) is 16.2 Å². The molecule has 7 atom stereocenters. The largest absolute Gasteiger partial charge is 0.508 e. The number of anilines is 1. The molecule has 15 heteroatoms. The van der Waals surface area contributed by atoms with Gasteiger partial charge >= 0.3 is 12.1 Å². The molecule has 3 aliphatic heterocycles. The number of cyclic esters (lactones) is 1. The number of esters is 1. The van der Waals surface area contributed by atoms with E-state index in [9.17, 15) is 30.2 Å². The van der Waals surface area contributed by atoms with E-state index in [2.05, 4.69) is 17.2 Å². The van der Waals surface area contributed by atoms with Gasteiger partial charge in [0.05, 0.1) is 34.7 Å². The Balaban J connectivity index is 1.21. The summed E-state index contributed by atoms with van der Waals surface area (Å²) >= 11 is 0. The number of phenols is 1. The summed E-state index contributed by atoms with van der Waals surface area (Å²) in [5, 5.41) is 48.3. The average Bonchev–Trinajstić information content (AvgIpc) is 3.75. The van der Waals surface area contributed by atoms with Crippen LogP contribution in [0.1, 0.15) is 102 Å². The zero-order valence-electron chi connectivity index (χ0n) is 39.6. The topological polar surface area (TPSA) is 209 Å². The fourth-order valence-electron chi connectivity index (χ4n) is 11.3. The second kappa shape index (κ2) is 20.2. The quantitative estimate of drug-likeness (QED) is 0.0335. The van der Waals surface area contributed by atoms with Gasteiger partial charge in [0.2, 0.25) is 11.8 Å². The Labute approximate surface area is 421 Å². The van der Waals surface area contributed by atoms with Crippen LogP contribution in [0, 0.1) is 27.9 Å². The molecule has 0 unspecified atom stereocenters. The number of non-ortho nitro benzene ring substituents is 1. The fourth-order valence-corrected chi connectivity index (χ4v) is 11.3. The van der Waals surface area contributed by atoms with Gasteiger partial charge in [-0.15, -0.1) is 0 Å². The van der Waals surface area contributed by atoms with Gasteiger partial charge in [0.15, 0.2) is 0 Å². The molecule has 370 valence electrons. The minimum atomic E-state index is -2.21. The first-order valence-electron chi connectivity index (χ1n) is 24.4. The molecule has 3 amide bonds. The molecule has 0 radical (unpaired) electrons. The van der Waals surface area contributed by atoms with Gasteiger partial charge in [-0.25, -0.2) is 9.69 Å². The van der Waals surface area contributed by atoms with Crippen molar-refractivity contribution in [1.82, 2.24) is 10.2 Å². The predicted molar refractivity (Wildman–Crippen MR) is 267 cm³/mol. The summed E-state index contributed by atoms with van der Waals surface area (Å²) in [7, 11) is 0. The number of carbonyl (C=O) groups excluding carboxylic acids is 4. The second-order valence-electron chi connectivity index (χ2n) is 19.1. The van der Waals surface area contributed by atoms with E-state index in [0.717, 1.165) is 30.6 Å². The molecule has 3 heterocycles. The molecule has 6 aromatic carbocycles. The Morgan fingerprint density at radius 1 is 0.795 bits per heavy atom. The van der Waals surface area contributed by atoms with Crippen LogP contribution in [0.5, 0.6) is 5.75 Å². The zero-order chi connectivity index (χ0) is 50.9. The van der Waals surface area contributed by atoms with Crippen molar-refractivity contribution >= 4 is 35.3 Å². The Morgan fingerprint density at radius 2 is 1.42 bits per heavy atom. The van der Waals surface area contributed by atoms with Crippen LogP contribution >= 0.6 is 0 Å². The third-order valence-corrected chi connectivity index (χ3v) is 14.7. The normalized spacial score (nSPS) is 23.5. The van der Waals surface area contributed by atoms with E-state index < -0.39 is 82.7 Å². The number of fused-ring (bicyclic) bond motifs is 3. The molecule has 4 N–H and O–H groups in total. The number of nitro benzene ring substituents is 1. The molecule has 10 rings (SSSR count). The molecular formula is C58H52N4O11. The van der Waals surface area contributed by atoms with Gasteiger partial charge in [-0.3, -0.25) is 29.4 Å². The number of carbonyl (C=O) groups is 4. The van der Waals surface area contributed by atoms with E-state index >= 15 is 14.4 Å². The molecule has 1 spiro atoms. The van der Waals surface area contributed by atoms with E-state index in [0.29, 0.717) is 46.2 Å². The molecule has 1 aliphatic carbocycles. The maximum Gasteiger partial charge on any atom is 0.421 e. The number of nitrogens with one attached hydrogen (secondary N) is 1. The number of imide groups is 1. The maximum absolute atomic E-state index is 16.6. The van der Waals surface area contributed by atoms with Crippen molar-refractivity contribution in [3.05, 3.63) is 207 Å². The van der Waals surface area contributed by atoms with E-state index in [1.807, 2.05) is 65.6 Å². The lowest BCUT2D eigenvalue weighted by atomic mass is 9.65. The Kier molecular flexibility index (Phi) is 13.4. The number of nitro groups is 1. The first kappa shape index (κ1) is 48.5. The van der Waals surface area contributed by atoms with Gasteiger partial charge in [0, 0.05) is 24.2 Å². The van der Waals surface area contributed by atoms with Crippen molar-refractivity contribution in [2.24, 2.45) is 5.92 Å². The zero-order valence-corrected chi connectivity index (χ0v) is 39.6. The molecular weight excluding hydrogens is 929 g/mol. The van der Waals surface area contributed by atoms with E-state index in [1.165, 1.54) is 42.5 Å². The third-order valence-electron chi connectivity index (χ3n) is 14.7. The Bertz CT molecular complexity index is 3100. The van der Waals surface area contributed by atoms with Crippen LogP contribution in [0.3, 0.4) is 0 Å². The summed E-state index contributed by atoms with van der Waals surface area (Å²) in [6.07, 6.45) is 1.08. The molecule has 2 saturated heterocycles. The minimum Gasteiger partial charge on any atom is -0.508 e. The number of phenolic OH excluding ortho intramolecular Hbond substituents is 1. The molecule has 73 heavy (non-hydrogen) atoms. The van der Waals surface area contributed by atoms with Crippen molar-refractivity contribution in [2.75, 3.05) is 11.4 Å². The SMILES string of the molecule is O=C1O[C@H](c2ccccc2)[C@H](c2ccccc2)N2[C@H]1[C@@H](C(=O)NC[C@H](O)c1ccccc1)[C@]1(C(=O)N(C(=O)OCc3ccc([N+](=O)[O-])cc3)c3ccc(C#CC4(O)CCCCCC4)cc31)[C@H]2c1ccc(O)cc1. The van der Waals surface area contributed by atoms with Gasteiger partial charge in [0.1, 0.15) is 35.5 Å². The molecule has 0 bridgehead atoms. The first-order valence-corrected chi connectivity index (χ1v) is 24.4. The molecule has 15 nitrogen and oxygen atoms in total. The lowest BCUT2D eigenvalue weighted by Crippen LogP contribution is -2.56. The highest BCUT2D eigenvalue weighted by molar-refractivity contribution is 6.23. The van der Waals surface area contributed by atoms with Crippen LogP contribution in [0.2, 0.25) is 0 Å². The highest BCUT2D eigenvalue weighted by atomic mass is 16.6. The van der Waals surface area contributed by atoms with E-state index in [1.54, 1.807) is 54.6 Å². The van der Waals surface area contributed by atoms with Gasteiger partial charge < -0.3 is 30.1 Å². The maximum atomic E-state index is 16.6.